The Kier molecular flexibility index (Phi) is 4.12. The molecular formula is C19H17NO2S2. The quantitative estimate of drug-likeness (QED) is 0.687. The molecule has 0 fully saturated rings. The van der Waals surface area contributed by atoms with E-state index in [0.717, 1.165) is 18.7 Å². The SMILES string of the molecule is COc1ccc(C(=O)N2CCc3sccc3[C@H]2c2cccs2)cc1. The van der Waals surface area contributed by atoms with E-state index < -0.39 is 0 Å². The zero-order valence-electron chi connectivity index (χ0n) is 13.3. The molecule has 0 bridgehead atoms. The second-order valence-corrected chi connectivity index (χ2v) is 7.67. The number of methoxy groups -OCH3 is 1. The zero-order chi connectivity index (χ0) is 16.5. The second kappa shape index (κ2) is 6.42. The third-order valence-corrected chi connectivity index (χ3v) is 6.30. The third kappa shape index (κ3) is 2.64. The standard InChI is InChI=1S/C19H17NO2S2/c1-22-14-6-4-13(5-7-14)19(21)20-10-8-16-15(9-12-24-16)18(20)17-3-2-11-23-17/h2-7,9,11-12,18H,8,10H2,1H3/t18-/m0/s1. The Morgan fingerprint density at radius 1 is 1.12 bits per heavy atom. The minimum absolute atomic E-state index is 0.0228. The van der Waals surface area contributed by atoms with Crippen LogP contribution >= 0.6 is 22.7 Å². The van der Waals surface area contributed by atoms with Crippen molar-refractivity contribution in [3.8, 4) is 5.75 Å². The number of fused-ring (bicyclic) bond motifs is 1. The molecule has 1 aliphatic rings. The van der Waals surface area contributed by atoms with Crippen molar-refractivity contribution in [1.29, 1.82) is 0 Å². The van der Waals surface area contributed by atoms with Gasteiger partial charge >= 0.3 is 0 Å². The fourth-order valence-electron chi connectivity index (χ4n) is 3.19. The van der Waals surface area contributed by atoms with Gasteiger partial charge in [-0.15, -0.1) is 22.7 Å². The Hall–Kier alpha value is -2.11. The molecule has 0 aliphatic carbocycles. The number of carbonyl (C=O) groups excluding carboxylic acids is 1. The average Bonchev–Trinajstić information content (AvgIpc) is 3.31. The number of ether oxygens (including phenoxy) is 1. The van der Waals surface area contributed by atoms with Crippen molar-refractivity contribution in [2.24, 2.45) is 0 Å². The van der Waals surface area contributed by atoms with Crippen molar-refractivity contribution in [1.82, 2.24) is 4.90 Å². The Morgan fingerprint density at radius 2 is 1.96 bits per heavy atom. The first-order valence-corrected chi connectivity index (χ1v) is 9.58. The van der Waals surface area contributed by atoms with E-state index in [9.17, 15) is 4.79 Å². The fraction of sp³-hybridized carbons (Fsp3) is 0.211. The van der Waals surface area contributed by atoms with Gasteiger partial charge in [-0.25, -0.2) is 0 Å². The minimum Gasteiger partial charge on any atom is -0.497 e. The molecule has 3 nitrogen and oxygen atoms in total. The highest BCUT2D eigenvalue weighted by Gasteiger charge is 2.33. The van der Waals surface area contributed by atoms with Crippen molar-refractivity contribution in [3.05, 3.63) is 74.1 Å². The molecule has 24 heavy (non-hydrogen) atoms. The highest BCUT2D eigenvalue weighted by Crippen LogP contribution is 2.40. The molecule has 0 radical (unpaired) electrons. The van der Waals surface area contributed by atoms with Gasteiger partial charge < -0.3 is 9.64 Å². The van der Waals surface area contributed by atoms with Gasteiger partial charge in [0.25, 0.3) is 5.91 Å². The first-order chi connectivity index (χ1) is 11.8. The highest BCUT2D eigenvalue weighted by atomic mass is 32.1. The van der Waals surface area contributed by atoms with E-state index in [4.69, 9.17) is 4.74 Å². The number of rotatable bonds is 3. The maximum Gasteiger partial charge on any atom is 0.254 e. The summed E-state index contributed by atoms with van der Waals surface area (Å²) in [6, 6.07) is 13.7. The number of amides is 1. The van der Waals surface area contributed by atoms with Crippen LogP contribution in [0.2, 0.25) is 0 Å². The maximum atomic E-state index is 13.1. The van der Waals surface area contributed by atoms with Gasteiger partial charge in [0.15, 0.2) is 0 Å². The normalized spacial score (nSPS) is 16.7. The Labute approximate surface area is 149 Å². The number of carbonyl (C=O) groups is 1. The molecule has 4 rings (SSSR count). The van der Waals surface area contributed by atoms with E-state index in [-0.39, 0.29) is 11.9 Å². The molecule has 1 atom stereocenters. The van der Waals surface area contributed by atoms with Crippen LogP contribution in [0.3, 0.4) is 0 Å². The molecule has 3 aromatic rings. The van der Waals surface area contributed by atoms with Crippen LogP contribution in [0, 0.1) is 0 Å². The molecule has 0 saturated carbocycles. The predicted octanol–water partition coefficient (Wildman–Crippen LogP) is 4.61. The highest BCUT2D eigenvalue weighted by molar-refractivity contribution is 7.10. The summed E-state index contributed by atoms with van der Waals surface area (Å²) in [5, 5.41) is 4.21. The number of nitrogens with zero attached hydrogens (tertiary/aromatic N) is 1. The van der Waals surface area contributed by atoms with E-state index in [2.05, 4.69) is 29.0 Å². The smallest absolute Gasteiger partial charge is 0.254 e. The molecule has 2 aromatic heterocycles. The van der Waals surface area contributed by atoms with Crippen LogP contribution in [0.15, 0.2) is 53.2 Å². The van der Waals surface area contributed by atoms with Crippen molar-refractivity contribution in [2.45, 2.75) is 12.5 Å². The lowest BCUT2D eigenvalue weighted by atomic mass is 9.97. The van der Waals surface area contributed by atoms with Crippen molar-refractivity contribution in [3.63, 3.8) is 0 Å². The van der Waals surface area contributed by atoms with Crippen LogP contribution in [0.5, 0.6) is 5.75 Å². The summed E-state index contributed by atoms with van der Waals surface area (Å²) in [5.41, 5.74) is 1.98. The van der Waals surface area contributed by atoms with Crippen LogP contribution in [0.4, 0.5) is 0 Å². The maximum absolute atomic E-state index is 13.1. The van der Waals surface area contributed by atoms with E-state index >= 15 is 0 Å². The van der Waals surface area contributed by atoms with Gasteiger partial charge in [0.05, 0.1) is 13.2 Å². The first-order valence-electron chi connectivity index (χ1n) is 7.82. The molecule has 1 amide bonds. The first kappa shape index (κ1) is 15.4. The lowest BCUT2D eigenvalue weighted by Crippen LogP contribution is -2.39. The van der Waals surface area contributed by atoms with Crippen LogP contribution in [0.1, 0.15) is 31.7 Å². The summed E-state index contributed by atoms with van der Waals surface area (Å²) >= 11 is 3.50. The monoisotopic (exact) mass is 355 g/mol. The number of benzene rings is 1. The van der Waals surface area contributed by atoms with Gasteiger partial charge in [-0.05, 0) is 59.1 Å². The molecule has 3 heterocycles. The van der Waals surface area contributed by atoms with Gasteiger partial charge in [0.1, 0.15) is 5.75 Å². The van der Waals surface area contributed by atoms with E-state index in [1.165, 1.54) is 15.3 Å². The number of hydrogen-bond donors (Lipinski definition) is 0. The Bertz CT molecular complexity index is 837. The molecule has 5 heteroatoms. The molecule has 0 saturated heterocycles. The van der Waals surface area contributed by atoms with E-state index in [1.807, 2.05) is 29.2 Å². The molecule has 0 N–H and O–H groups in total. The Balaban J connectivity index is 1.71. The lowest BCUT2D eigenvalue weighted by Gasteiger charge is -2.35. The number of thiophene rings is 2. The summed E-state index contributed by atoms with van der Waals surface area (Å²) in [6.45, 7) is 0.751. The van der Waals surface area contributed by atoms with Gasteiger partial charge in [0, 0.05) is 21.9 Å². The van der Waals surface area contributed by atoms with Gasteiger partial charge in [0.2, 0.25) is 0 Å². The van der Waals surface area contributed by atoms with Crippen LogP contribution in [-0.4, -0.2) is 24.5 Å². The van der Waals surface area contributed by atoms with E-state index in [1.54, 1.807) is 29.8 Å². The zero-order valence-corrected chi connectivity index (χ0v) is 14.9. The summed E-state index contributed by atoms with van der Waals surface area (Å²) in [7, 11) is 1.63. The van der Waals surface area contributed by atoms with Crippen molar-refractivity contribution < 1.29 is 9.53 Å². The lowest BCUT2D eigenvalue weighted by molar-refractivity contribution is 0.0699. The molecule has 0 unspecified atom stereocenters. The van der Waals surface area contributed by atoms with E-state index in [0.29, 0.717) is 5.56 Å². The van der Waals surface area contributed by atoms with Crippen LogP contribution in [-0.2, 0) is 6.42 Å². The summed E-state index contributed by atoms with van der Waals surface area (Å²) in [4.78, 5) is 17.7. The molecule has 122 valence electrons. The molecular weight excluding hydrogens is 338 g/mol. The second-order valence-electron chi connectivity index (χ2n) is 5.69. The predicted molar refractivity (Wildman–Crippen MR) is 98.2 cm³/mol. The van der Waals surface area contributed by atoms with Crippen LogP contribution in [0.25, 0.3) is 0 Å². The van der Waals surface area contributed by atoms with Gasteiger partial charge in [-0.3, -0.25) is 4.79 Å². The molecule has 1 aromatic carbocycles. The molecule has 1 aliphatic heterocycles. The summed E-state index contributed by atoms with van der Waals surface area (Å²) in [5.74, 6) is 0.841. The molecule has 0 spiro atoms. The fourth-order valence-corrected chi connectivity index (χ4v) is 4.95. The van der Waals surface area contributed by atoms with Gasteiger partial charge in [-0.1, -0.05) is 6.07 Å². The summed E-state index contributed by atoms with van der Waals surface area (Å²) in [6.07, 6.45) is 0.927. The number of hydrogen-bond acceptors (Lipinski definition) is 4. The summed E-state index contributed by atoms with van der Waals surface area (Å²) < 4.78 is 5.19. The van der Waals surface area contributed by atoms with Crippen molar-refractivity contribution in [2.75, 3.05) is 13.7 Å². The van der Waals surface area contributed by atoms with Gasteiger partial charge in [-0.2, -0.15) is 0 Å². The average molecular weight is 355 g/mol. The third-order valence-electron chi connectivity index (χ3n) is 4.38. The van der Waals surface area contributed by atoms with Crippen molar-refractivity contribution >= 4 is 28.6 Å². The minimum atomic E-state index is 0.0228. The van der Waals surface area contributed by atoms with Crippen LogP contribution < -0.4 is 4.74 Å². The Morgan fingerprint density at radius 3 is 2.67 bits per heavy atom. The topological polar surface area (TPSA) is 29.5 Å². The largest absolute Gasteiger partial charge is 0.497 e.